The van der Waals surface area contributed by atoms with Crippen molar-refractivity contribution >= 4 is 11.9 Å². The average Bonchev–Trinajstić information content (AvgIpc) is 2.59. The van der Waals surface area contributed by atoms with E-state index in [-0.39, 0.29) is 11.7 Å². The van der Waals surface area contributed by atoms with Crippen LogP contribution in [0.1, 0.15) is 28.0 Å². The molecule has 1 fully saturated rings. The molecule has 0 spiro atoms. The minimum atomic E-state index is -5.08. The molecule has 1 aliphatic heterocycles. The first-order valence-corrected chi connectivity index (χ1v) is 8.00. The Labute approximate surface area is 157 Å². The van der Waals surface area contributed by atoms with Crippen molar-refractivity contribution in [2.45, 2.75) is 12.6 Å². The number of amides is 1. The topological polar surface area (TPSA) is 70.5 Å². The van der Waals surface area contributed by atoms with Gasteiger partial charge in [0.05, 0.1) is 5.56 Å². The number of benzene rings is 1. The first kappa shape index (κ1) is 20.9. The first-order chi connectivity index (χ1) is 13.2. The third-order valence-corrected chi connectivity index (χ3v) is 3.56. The number of likely N-dealkylation sites (tertiary alicyclic amines) is 1. The van der Waals surface area contributed by atoms with Crippen LogP contribution >= 0.6 is 0 Å². The monoisotopic (exact) mass is 394 g/mol. The van der Waals surface area contributed by atoms with Crippen LogP contribution in [0.4, 0.5) is 17.6 Å². The van der Waals surface area contributed by atoms with Gasteiger partial charge >= 0.3 is 12.1 Å². The number of halogens is 4. The molecule has 0 unspecified atom stereocenters. The Bertz CT molecular complexity index is 911. The lowest BCUT2D eigenvalue weighted by Crippen LogP contribution is -2.42. The minimum absolute atomic E-state index is 0.0124. The van der Waals surface area contributed by atoms with Gasteiger partial charge in [-0.2, -0.15) is 13.2 Å². The fourth-order valence-electron chi connectivity index (χ4n) is 2.00. The zero-order valence-electron chi connectivity index (χ0n) is 14.3. The van der Waals surface area contributed by atoms with Crippen LogP contribution in [-0.4, -0.2) is 46.1 Å². The summed E-state index contributed by atoms with van der Waals surface area (Å²) in [6, 6.07) is 9.52. The predicted molar refractivity (Wildman–Crippen MR) is 90.8 cm³/mol. The molecule has 1 N–H and O–H groups in total. The lowest BCUT2D eigenvalue weighted by Gasteiger charge is -2.30. The molecule has 0 atom stereocenters. The third-order valence-electron chi connectivity index (χ3n) is 3.56. The Kier molecular flexibility index (Phi) is 6.71. The maximum absolute atomic E-state index is 13.0. The summed E-state index contributed by atoms with van der Waals surface area (Å²) in [5, 5.41) is 7.12. The first-order valence-electron chi connectivity index (χ1n) is 8.00. The third kappa shape index (κ3) is 6.09. The number of aliphatic carboxylic acids is 1. The van der Waals surface area contributed by atoms with Gasteiger partial charge in [-0.15, -0.1) is 0 Å². The molecule has 0 saturated carbocycles. The zero-order valence-corrected chi connectivity index (χ0v) is 14.3. The van der Waals surface area contributed by atoms with Crippen LogP contribution < -0.4 is 0 Å². The summed E-state index contributed by atoms with van der Waals surface area (Å²) < 4.78 is 44.8. The molecule has 1 aromatic heterocycles. The van der Waals surface area contributed by atoms with Gasteiger partial charge in [0.1, 0.15) is 11.5 Å². The number of hydrogen-bond donors (Lipinski definition) is 1. The summed E-state index contributed by atoms with van der Waals surface area (Å²) in [6.07, 6.45) is -2.48. The van der Waals surface area contributed by atoms with Gasteiger partial charge in [-0.25, -0.2) is 14.2 Å². The van der Waals surface area contributed by atoms with Crippen LogP contribution in [0.2, 0.25) is 0 Å². The number of carbonyl (C=O) groups excluding carboxylic acids is 1. The highest BCUT2D eigenvalue weighted by molar-refractivity contribution is 5.94. The van der Waals surface area contributed by atoms with Crippen LogP contribution in [0, 0.1) is 17.7 Å². The van der Waals surface area contributed by atoms with E-state index in [2.05, 4.69) is 16.8 Å². The van der Waals surface area contributed by atoms with E-state index in [1.54, 1.807) is 29.2 Å². The summed E-state index contributed by atoms with van der Waals surface area (Å²) in [5.41, 5.74) is 1.72. The molecule has 5 nitrogen and oxygen atoms in total. The fourth-order valence-corrected chi connectivity index (χ4v) is 2.00. The summed E-state index contributed by atoms with van der Waals surface area (Å²) in [5.74, 6) is 2.65. The van der Waals surface area contributed by atoms with Crippen LogP contribution in [0.5, 0.6) is 0 Å². The van der Waals surface area contributed by atoms with E-state index in [0.717, 1.165) is 19.5 Å². The van der Waals surface area contributed by atoms with E-state index >= 15 is 0 Å². The number of pyridine rings is 1. The van der Waals surface area contributed by atoms with Crippen LogP contribution in [0.3, 0.4) is 0 Å². The van der Waals surface area contributed by atoms with Gasteiger partial charge in [-0.05, 0) is 42.7 Å². The Balaban J connectivity index is 0.000000345. The molecule has 1 aliphatic rings. The standard InChI is InChI=1S/C17H13FN2O.C2HF3O2/c18-15-4-1-3-13(11-15)5-7-16-8-6-14(12-19-16)17(21)20-9-2-10-20;3-2(4,5)1(6)7/h1,3-4,6,8,11-12H,2,9-10H2;(H,6,7). The Morgan fingerprint density at radius 2 is 1.79 bits per heavy atom. The zero-order chi connectivity index (χ0) is 20.7. The van der Waals surface area contributed by atoms with E-state index in [4.69, 9.17) is 9.90 Å². The number of carbonyl (C=O) groups is 2. The van der Waals surface area contributed by atoms with Crippen molar-refractivity contribution in [1.82, 2.24) is 9.88 Å². The maximum atomic E-state index is 13.0. The molecule has 0 bridgehead atoms. The molecule has 2 aromatic rings. The van der Waals surface area contributed by atoms with E-state index in [1.165, 1.54) is 18.3 Å². The van der Waals surface area contributed by atoms with Crippen molar-refractivity contribution in [3.05, 3.63) is 65.2 Å². The second kappa shape index (κ2) is 8.99. The Hall–Kier alpha value is -3.41. The molecule has 1 aromatic carbocycles. The fraction of sp³-hybridized carbons (Fsp3) is 0.211. The number of rotatable bonds is 1. The van der Waals surface area contributed by atoms with Gasteiger partial charge in [-0.1, -0.05) is 12.0 Å². The lowest BCUT2D eigenvalue weighted by atomic mass is 10.1. The van der Waals surface area contributed by atoms with Crippen molar-refractivity contribution < 1.29 is 32.3 Å². The highest BCUT2D eigenvalue weighted by Crippen LogP contribution is 2.13. The van der Waals surface area contributed by atoms with Gasteiger partial charge in [0.2, 0.25) is 0 Å². The van der Waals surface area contributed by atoms with Gasteiger partial charge in [0.25, 0.3) is 5.91 Å². The second-order valence-electron chi connectivity index (χ2n) is 5.64. The number of hydrogen-bond acceptors (Lipinski definition) is 3. The van der Waals surface area contributed by atoms with Gasteiger partial charge in [0, 0.05) is 24.8 Å². The maximum Gasteiger partial charge on any atom is 0.490 e. The summed E-state index contributed by atoms with van der Waals surface area (Å²) in [6.45, 7) is 1.64. The smallest absolute Gasteiger partial charge is 0.475 e. The molecule has 0 aliphatic carbocycles. The molecule has 1 amide bonds. The number of carboxylic acids is 1. The van der Waals surface area contributed by atoms with Crippen molar-refractivity contribution in [2.75, 3.05) is 13.1 Å². The molecule has 3 rings (SSSR count). The van der Waals surface area contributed by atoms with E-state index in [0.29, 0.717) is 16.8 Å². The number of alkyl halides is 3. The number of aromatic nitrogens is 1. The van der Waals surface area contributed by atoms with Crippen LogP contribution in [-0.2, 0) is 4.79 Å². The number of carboxylic acid groups (broad SMARTS) is 1. The second-order valence-corrected chi connectivity index (χ2v) is 5.64. The lowest BCUT2D eigenvalue weighted by molar-refractivity contribution is -0.192. The predicted octanol–water partition coefficient (Wildman–Crippen LogP) is 3.10. The molecule has 0 radical (unpaired) electrons. The summed E-state index contributed by atoms with van der Waals surface area (Å²) in [7, 11) is 0. The molecule has 1 saturated heterocycles. The van der Waals surface area contributed by atoms with Crippen molar-refractivity contribution in [2.24, 2.45) is 0 Å². The van der Waals surface area contributed by atoms with Crippen LogP contribution in [0.25, 0.3) is 0 Å². The molecular weight excluding hydrogens is 380 g/mol. The van der Waals surface area contributed by atoms with Gasteiger partial charge in [0.15, 0.2) is 0 Å². The Morgan fingerprint density at radius 1 is 1.11 bits per heavy atom. The normalized spacial score (nSPS) is 12.6. The quantitative estimate of drug-likeness (QED) is 0.596. The van der Waals surface area contributed by atoms with Crippen molar-refractivity contribution in [1.29, 1.82) is 0 Å². The molecular formula is C19H14F4N2O3. The highest BCUT2D eigenvalue weighted by atomic mass is 19.4. The Morgan fingerprint density at radius 3 is 2.25 bits per heavy atom. The summed E-state index contributed by atoms with van der Waals surface area (Å²) >= 11 is 0. The SMILES string of the molecule is O=C(O)C(F)(F)F.O=C(c1ccc(C#Cc2cccc(F)c2)nc1)N1CCC1. The van der Waals surface area contributed by atoms with E-state index < -0.39 is 12.1 Å². The average molecular weight is 394 g/mol. The molecule has 146 valence electrons. The van der Waals surface area contributed by atoms with E-state index in [1.807, 2.05) is 0 Å². The largest absolute Gasteiger partial charge is 0.490 e. The minimum Gasteiger partial charge on any atom is -0.475 e. The molecule has 2 heterocycles. The van der Waals surface area contributed by atoms with Crippen LogP contribution in [0.15, 0.2) is 42.6 Å². The van der Waals surface area contributed by atoms with Crippen molar-refractivity contribution in [3.8, 4) is 11.8 Å². The molecule has 28 heavy (non-hydrogen) atoms. The van der Waals surface area contributed by atoms with E-state index in [9.17, 15) is 22.4 Å². The van der Waals surface area contributed by atoms with Crippen molar-refractivity contribution in [3.63, 3.8) is 0 Å². The summed E-state index contributed by atoms with van der Waals surface area (Å²) in [4.78, 5) is 26.8. The number of nitrogens with zero attached hydrogens (tertiary/aromatic N) is 2. The molecule has 9 heteroatoms. The van der Waals surface area contributed by atoms with Gasteiger partial charge < -0.3 is 10.0 Å². The van der Waals surface area contributed by atoms with Gasteiger partial charge in [-0.3, -0.25) is 4.79 Å². The highest BCUT2D eigenvalue weighted by Gasteiger charge is 2.38.